The lowest BCUT2D eigenvalue weighted by Crippen LogP contribution is -2.08. The number of amides is 1. The maximum absolute atomic E-state index is 11.7. The minimum Gasteiger partial charge on any atom is -0.459 e. The van der Waals surface area contributed by atoms with E-state index in [0.717, 1.165) is 9.37 Å². The average molecular weight is 401 g/mol. The first kappa shape index (κ1) is 17.0. The number of benzene rings is 1. The molecule has 0 fully saturated rings. The smallest absolute Gasteiger partial charge is 0.316 e. The van der Waals surface area contributed by atoms with Gasteiger partial charge in [0.15, 0.2) is 5.13 Å². The summed E-state index contributed by atoms with van der Waals surface area (Å²) >= 11 is 6.07. The number of halogens is 1. The third-order valence-corrected chi connectivity index (χ3v) is 4.71. The van der Waals surface area contributed by atoms with Crippen LogP contribution in [-0.4, -0.2) is 22.6 Å². The molecule has 5 nitrogen and oxygen atoms in total. The minimum absolute atomic E-state index is 0.107. The number of thiazole rings is 1. The molecule has 2 rings (SSSR count). The highest BCUT2D eigenvalue weighted by Crippen LogP contribution is 2.21. The highest BCUT2D eigenvalue weighted by atomic mass is 79.9. The van der Waals surface area contributed by atoms with Crippen LogP contribution in [0.5, 0.6) is 0 Å². The Hall–Kier alpha value is -1.38. The molecule has 0 unspecified atom stereocenters. The first-order valence-electron chi connectivity index (χ1n) is 6.29. The number of hydrogen-bond acceptors (Lipinski definition) is 6. The molecule has 0 radical (unpaired) electrons. The molecule has 1 heterocycles. The highest BCUT2D eigenvalue weighted by Gasteiger charge is 2.08. The van der Waals surface area contributed by atoms with Crippen LogP contribution in [0, 0.1) is 0 Å². The number of thioether (sulfide) groups is 1. The molecule has 0 spiro atoms. The van der Waals surface area contributed by atoms with Crippen molar-refractivity contribution < 1.29 is 14.3 Å². The third-order valence-electron chi connectivity index (χ3n) is 2.39. The maximum atomic E-state index is 11.7. The van der Waals surface area contributed by atoms with Gasteiger partial charge in [-0.1, -0.05) is 15.9 Å². The summed E-state index contributed by atoms with van der Waals surface area (Å²) in [7, 11) is 0. The molecular formula is C14H13BrN2O3S2. The van der Waals surface area contributed by atoms with Crippen molar-refractivity contribution in [2.75, 3.05) is 11.1 Å². The van der Waals surface area contributed by atoms with E-state index in [-0.39, 0.29) is 24.2 Å². The maximum Gasteiger partial charge on any atom is 0.316 e. The molecule has 0 aliphatic heterocycles. The topological polar surface area (TPSA) is 68.3 Å². The normalized spacial score (nSPS) is 10.3. The van der Waals surface area contributed by atoms with E-state index in [1.54, 1.807) is 5.38 Å². The van der Waals surface area contributed by atoms with Crippen molar-refractivity contribution in [1.82, 2.24) is 4.98 Å². The average Bonchev–Trinajstić information content (AvgIpc) is 2.91. The van der Waals surface area contributed by atoms with Crippen LogP contribution in [0.15, 0.2) is 39.0 Å². The van der Waals surface area contributed by atoms with Gasteiger partial charge in [-0.05, 0) is 24.3 Å². The summed E-state index contributed by atoms with van der Waals surface area (Å²) in [6.07, 6.45) is 0. The van der Waals surface area contributed by atoms with Gasteiger partial charge in [-0.3, -0.25) is 9.59 Å². The Morgan fingerprint density at radius 2 is 2.09 bits per heavy atom. The van der Waals surface area contributed by atoms with Crippen molar-refractivity contribution >= 4 is 56.0 Å². The van der Waals surface area contributed by atoms with E-state index < -0.39 is 0 Å². The summed E-state index contributed by atoms with van der Waals surface area (Å²) in [4.78, 5) is 27.7. The van der Waals surface area contributed by atoms with Gasteiger partial charge in [0.25, 0.3) is 0 Å². The molecule has 1 aromatic carbocycles. The Morgan fingerprint density at radius 3 is 2.77 bits per heavy atom. The van der Waals surface area contributed by atoms with E-state index >= 15 is 0 Å². The number of carbonyl (C=O) groups is 2. The van der Waals surface area contributed by atoms with Crippen molar-refractivity contribution in [3.63, 3.8) is 0 Å². The zero-order valence-corrected chi connectivity index (χ0v) is 14.9. The van der Waals surface area contributed by atoms with Gasteiger partial charge in [-0.2, -0.15) is 0 Å². The number of hydrogen-bond donors (Lipinski definition) is 1. The van der Waals surface area contributed by atoms with E-state index in [4.69, 9.17) is 4.74 Å². The molecular weight excluding hydrogens is 388 g/mol. The van der Waals surface area contributed by atoms with Crippen LogP contribution in [0.3, 0.4) is 0 Å². The van der Waals surface area contributed by atoms with Gasteiger partial charge < -0.3 is 10.1 Å². The van der Waals surface area contributed by atoms with E-state index in [1.807, 2.05) is 24.3 Å². The zero-order valence-electron chi connectivity index (χ0n) is 11.7. The molecule has 22 heavy (non-hydrogen) atoms. The molecule has 8 heteroatoms. The second kappa shape index (κ2) is 8.30. The number of aromatic nitrogens is 1. The quantitative estimate of drug-likeness (QED) is 0.591. The number of anilines is 1. The van der Waals surface area contributed by atoms with E-state index in [2.05, 4.69) is 26.2 Å². The predicted molar refractivity (Wildman–Crippen MR) is 91.1 cm³/mol. The molecule has 1 aromatic heterocycles. The Balaban J connectivity index is 1.74. The summed E-state index contributed by atoms with van der Waals surface area (Å²) in [6, 6.07) is 7.71. The van der Waals surface area contributed by atoms with Gasteiger partial charge in [0, 0.05) is 21.7 Å². The molecule has 1 N–H and O–H groups in total. The lowest BCUT2D eigenvalue weighted by atomic mass is 10.4. The zero-order chi connectivity index (χ0) is 15.9. The third kappa shape index (κ3) is 5.78. The van der Waals surface area contributed by atoms with Crippen molar-refractivity contribution in [3.05, 3.63) is 39.8 Å². The van der Waals surface area contributed by atoms with Crippen LogP contribution >= 0.6 is 39.0 Å². The van der Waals surface area contributed by atoms with Crippen LogP contribution < -0.4 is 5.32 Å². The number of esters is 1. The highest BCUT2D eigenvalue weighted by molar-refractivity contribution is 9.10. The summed E-state index contributed by atoms with van der Waals surface area (Å²) in [5.74, 6) is -0.240. The second-order valence-corrected chi connectivity index (χ2v) is 7.05. The van der Waals surface area contributed by atoms with Gasteiger partial charge in [-0.25, -0.2) is 4.98 Å². The van der Waals surface area contributed by atoms with Crippen LogP contribution in [-0.2, 0) is 20.9 Å². The Labute approximate surface area is 144 Å². The summed E-state index contributed by atoms with van der Waals surface area (Å²) in [5, 5.41) is 4.84. The Morgan fingerprint density at radius 1 is 1.36 bits per heavy atom. The SMILES string of the molecule is CC(=O)Nc1nc(COC(=O)CSc2ccc(Br)cc2)cs1. The molecule has 0 aliphatic carbocycles. The molecule has 2 aromatic rings. The van der Waals surface area contributed by atoms with Gasteiger partial charge in [0.2, 0.25) is 5.91 Å². The van der Waals surface area contributed by atoms with Crippen LogP contribution in [0.2, 0.25) is 0 Å². The minimum atomic E-state index is -0.304. The summed E-state index contributed by atoms with van der Waals surface area (Å²) < 4.78 is 6.15. The van der Waals surface area contributed by atoms with E-state index in [0.29, 0.717) is 10.8 Å². The fraction of sp³-hybridized carbons (Fsp3) is 0.214. The first-order valence-corrected chi connectivity index (χ1v) is 8.95. The van der Waals surface area contributed by atoms with Crippen LogP contribution in [0.25, 0.3) is 0 Å². The lowest BCUT2D eigenvalue weighted by Gasteiger charge is -2.03. The molecule has 0 saturated heterocycles. The molecule has 0 bridgehead atoms. The van der Waals surface area contributed by atoms with E-state index in [9.17, 15) is 9.59 Å². The second-order valence-electron chi connectivity index (χ2n) is 4.23. The molecule has 116 valence electrons. The number of nitrogens with one attached hydrogen (secondary N) is 1. The monoisotopic (exact) mass is 400 g/mol. The largest absolute Gasteiger partial charge is 0.459 e. The fourth-order valence-electron chi connectivity index (χ4n) is 1.45. The Kier molecular flexibility index (Phi) is 6.41. The van der Waals surface area contributed by atoms with Gasteiger partial charge in [0.1, 0.15) is 6.61 Å². The molecule has 1 amide bonds. The van der Waals surface area contributed by atoms with Gasteiger partial charge in [-0.15, -0.1) is 23.1 Å². The van der Waals surface area contributed by atoms with Crippen molar-refractivity contribution in [1.29, 1.82) is 0 Å². The predicted octanol–water partition coefficient (Wildman–Crippen LogP) is 3.70. The standard InChI is InChI=1S/C14H13BrN2O3S2/c1-9(18)16-14-17-11(7-22-14)6-20-13(19)8-21-12-4-2-10(15)3-5-12/h2-5,7H,6,8H2,1H3,(H,16,17,18). The molecule has 0 saturated carbocycles. The first-order chi connectivity index (χ1) is 10.5. The fourth-order valence-corrected chi connectivity index (χ4v) is 3.15. The van der Waals surface area contributed by atoms with Crippen molar-refractivity contribution in [2.45, 2.75) is 18.4 Å². The lowest BCUT2D eigenvalue weighted by molar-refractivity contribution is -0.141. The molecule has 0 aliphatic rings. The number of nitrogens with zero attached hydrogens (tertiary/aromatic N) is 1. The number of carbonyl (C=O) groups excluding carboxylic acids is 2. The van der Waals surface area contributed by atoms with Crippen molar-refractivity contribution in [2.24, 2.45) is 0 Å². The van der Waals surface area contributed by atoms with Crippen LogP contribution in [0.4, 0.5) is 5.13 Å². The Bertz CT molecular complexity index is 658. The van der Waals surface area contributed by atoms with Gasteiger partial charge in [0.05, 0.1) is 11.4 Å². The number of rotatable bonds is 6. The number of ether oxygens (including phenoxy) is 1. The van der Waals surface area contributed by atoms with Crippen LogP contribution in [0.1, 0.15) is 12.6 Å². The van der Waals surface area contributed by atoms with Crippen molar-refractivity contribution in [3.8, 4) is 0 Å². The summed E-state index contributed by atoms with van der Waals surface area (Å²) in [6.45, 7) is 1.52. The van der Waals surface area contributed by atoms with Gasteiger partial charge >= 0.3 is 5.97 Å². The summed E-state index contributed by atoms with van der Waals surface area (Å²) in [5.41, 5.74) is 0.621. The molecule has 0 atom stereocenters. The van der Waals surface area contributed by atoms with E-state index in [1.165, 1.54) is 30.0 Å².